The van der Waals surface area contributed by atoms with Gasteiger partial charge in [-0.2, -0.15) is 5.10 Å². The summed E-state index contributed by atoms with van der Waals surface area (Å²) < 4.78 is 40.0. The third-order valence-electron chi connectivity index (χ3n) is 7.26. The van der Waals surface area contributed by atoms with Gasteiger partial charge in [0.05, 0.1) is 42.6 Å². The van der Waals surface area contributed by atoms with Crippen LogP contribution in [0.2, 0.25) is 0 Å². The molecule has 14 nitrogen and oxygen atoms in total. The molecule has 15 heteroatoms. The van der Waals surface area contributed by atoms with Crippen LogP contribution in [0.5, 0.6) is 34.5 Å². The fourth-order valence-electron chi connectivity index (χ4n) is 5.07. The van der Waals surface area contributed by atoms with Gasteiger partial charge in [-0.3, -0.25) is 5.43 Å². The van der Waals surface area contributed by atoms with Gasteiger partial charge in [0, 0.05) is 5.70 Å². The van der Waals surface area contributed by atoms with Gasteiger partial charge in [0.1, 0.15) is 13.2 Å². The molecule has 2 amide bonds. The summed E-state index contributed by atoms with van der Waals surface area (Å²) in [7, 11) is 1.27. The molecule has 2 aliphatic rings. The van der Waals surface area contributed by atoms with E-state index in [1.165, 1.54) is 13.3 Å². The highest BCUT2D eigenvalue weighted by molar-refractivity contribution is 9.10. The van der Waals surface area contributed by atoms with Gasteiger partial charge < -0.3 is 48.9 Å². The fraction of sp³-hybridized carbons (Fsp3) is 0.324. The van der Waals surface area contributed by atoms with Gasteiger partial charge >= 0.3 is 12.0 Å². The van der Waals surface area contributed by atoms with Crippen molar-refractivity contribution in [3.8, 4) is 34.5 Å². The van der Waals surface area contributed by atoms with E-state index in [2.05, 4.69) is 37.1 Å². The topological polar surface area (TPSA) is 167 Å². The minimum Gasteiger partial charge on any atom is -0.490 e. The van der Waals surface area contributed by atoms with Crippen molar-refractivity contribution in [1.29, 1.82) is 0 Å². The summed E-state index contributed by atoms with van der Waals surface area (Å²) in [6.45, 7) is 6.36. The molecule has 3 aromatic carbocycles. The molecule has 0 fully saturated rings. The van der Waals surface area contributed by atoms with E-state index >= 15 is 0 Å². The Bertz CT molecular complexity index is 1750. The summed E-state index contributed by atoms with van der Waals surface area (Å²) in [5, 5.41) is 20.0. The number of urea groups is 1. The number of halogens is 1. The zero-order valence-corrected chi connectivity index (χ0v) is 28.9. The van der Waals surface area contributed by atoms with E-state index in [9.17, 15) is 14.7 Å². The zero-order chi connectivity index (χ0) is 34.9. The summed E-state index contributed by atoms with van der Waals surface area (Å²) >= 11 is 3.57. The number of aliphatic hydroxyl groups is 1. The van der Waals surface area contributed by atoms with E-state index in [1.54, 1.807) is 31.2 Å². The monoisotopic (exact) mass is 740 g/mol. The standard InChI is InChI=1S/C34H37BrN4O10/c1-5-44-27-14-22(31-30(33(41)43-4)19(3)37-34(42)38-31)8-10-24(27)46-17-29(40)39-36-15-21-11-23(35)32(28(13-21)45-6-2)47-16-20-7-9-25-26(12-20)49-18-48-25/h7-15,29,31,39-40H,5-6,16-18H2,1-4H3,(H2,37,38,42)/b36-15-/t29-,31+/m0/s1. The van der Waals surface area contributed by atoms with Gasteiger partial charge in [0.2, 0.25) is 6.79 Å². The number of methoxy groups -OCH3 is 1. The van der Waals surface area contributed by atoms with Crippen molar-refractivity contribution in [2.45, 2.75) is 39.6 Å². The van der Waals surface area contributed by atoms with Gasteiger partial charge in [0.25, 0.3) is 0 Å². The molecule has 0 spiro atoms. The summed E-state index contributed by atoms with van der Waals surface area (Å²) in [5.74, 6) is 2.56. The lowest BCUT2D eigenvalue weighted by atomic mass is 9.95. The number of allylic oxidation sites excluding steroid dienone is 1. The first-order valence-corrected chi connectivity index (χ1v) is 16.2. The molecule has 0 unspecified atom stereocenters. The van der Waals surface area contributed by atoms with E-state index in [0.717, 1.165) is 5.56 Å². The number of esters is 1. The van der Waals surface area contributed by atoms with Gasteiger partial charge in [-0.15, -0.1) is 0 Å². The van der Waals surface area contributed by atoms with E-state index in [-0.39, 0.29) is 25.6 Å². The molecule has 4 N–H and O–H groups in total. The zero-order valence-electron chi connectivity index (χ0n) is 27.3. The number of amides is 2. The number of ether oxygens (including phenoxy) is 7. The lowest BCUT2D eigenvalue weighted by Crippen LogP contribution is -2.45. The summed E-state index contributed by atoms with van der Waals surface area (Å²) in [5.41, 5.74) is 5.46. The van der Waals surface area contributed by atoms with Gasteiger partial charge in [-0.25, -0.2) is 9.59 Å². The van der Waals surface area contributed by atoms with Crippen molar-refractivity contribution in [3.63, 3.8) is 0 Å². The number of carbonyl (C=O) groups excluding carboxylic acids is 2. The van der Waals surface area contributed by atoms with Crippen molar-refractivity contribution < 1.29 is 47.9 Å². The maximum Gasteiger partial charge on any atom is 0.337 e. The van der Waals surface area contributed by atoms with Crippen LogP contribution in [-0.2, 0) is 16.1 Å². The smallest absolute Gasteiger partial charge is 0.337 e. The van der Waals surface area contributed by atoms with Gasteiger partial charge in [0.15, 0.2) is 40.7 Å². The molecule has 49 heavy (non-hydrogen) atoms. The Balaban J connectivity index is 1.21. The van der Waals surface area contributed by atoms with Crippen LogP contribution >= 0.6 is 15.9 Å². The molecular formula is C34H37BrN4O10. The first-order chi connectivity index (χ1) is 23.7. The molecular weight excluding hydrogens is 704 g/mol. The van der Waals surface area contributed by atoms with Crippen molar-refractivity contribution in [2.75, 3.05) is 33.7 Å². The number of aliphatic hydroxyl groups excluding tert-OH is 1. The van der Waals surface area contributed by atoms with Crippen molar-refractivity contribution in [2.24, 2.45) is 5.10 Å². The molecule has 3 aromatic rings. The van der Waals surface area contributed by atoms with Crippen molar-refractivity contribution in [3.05, 3.63) is 81.0 Å². The van der Waals surface area contributed by atoms with Crippen LogP contribution in [0.25, 0.3) is 0 Å². The molecule has 2 atom stereocenters. The second kappa shape index (κ2) is 16.3. The number of nitrogens with one attached hydrogen (secondary N) is 3. The molecule has 0 aliphatic carbocycles. The number of benzene rings is 3. The highest BCUT2D eigenvalue weighted by Crippen LogP contribution is 2.39. The third-order valence-corrected chi connectivity index (χ3v) is 7.85. The van der Waals surface area contributed by atoms with Crippen LogP contribution in [0.4, 0.5) is 4.79 Å². The summed E-state index contributed by atoms with van der Waals surface area (Å²) in [4.78, 5) is 24.7. The maximum atomic E-state index is 12.5. The van der Waals surface area contributed by atoms with E-state index in [1.807, 2.05) is 38.1 Å². The summed E-state index contributed by atoms with van der Waals surface area (Å²) in [6, 6.07) is 13.0. The molecule has 0 bridgehead atoms. The molecule has 260 valence electrons. The van der Waals surface area contributed by atoms with Crippen LogP contribution in [-0.4, -0.2) is 63.3 Å². The minimum absolute atomic E-state index is 0.173. The lowest BCUT2D eigenvalue weighted by Gasteiger charge is -2.28. The van der Waals surface area contributed by atoms with Crippen LogP contribution < -0.4 is 44.5 Å². The average Bonchev–Trinajstić information content (AvgIpc) is 3.55. The van der Waals surface area contributed by atoms with Gasteiger partial charge in [-0.1, -0.05) is 12.1 Å². The first-order valence-electron chi connectivity index (χ1n) is 15.4. The molecule has 0 aromatic heterocycles. The normalized spacial score (nSPS) is 15.7. The van der Waals surface area contributed by atoms with E-state index in [0.29, 0.717) is 69.0 Å². The third kappa shape index (κ3) is 8.66. The largest absolute Gasteiger partial charge is 0.490 e. The van der Waals surface area contributed by atoms with Crippen LogP contribution in [0, 0.1) is 0 Å². The first kappa shape index (κ1) is 35.2. The highest BCUT2D eigenvalue weighted by Gasteiger charge is 2.32. The number of carbonyl (C=O) groups is 2. The predicted molar refractivity (Wildman–Crippen MR) is 181 cm³/mol. The second-order valence-electron chi connectivity index (χ2n) is 10.7. The maximum absolute atomic E-state index is 12.5. The number of fused-ring (bicyclic) bond motifs is 1. The molecule has 0 saturated carbocycles. The molecule has 2 heterocycles. The molecule has 0 radical (unpaired) electrons. The average molecular weight is 742 g/mol. The molecule has 2 aliphatic heterocycles. The fourth-order valence-corrected chi connectivity index (χ4v) is 5.65. The Labute approximate surface area is 291 Å². The van der Waals surface area contributed by atoms with Crippen molar-refractivity contribution >= 4 is 34.1 Å². The van der Waals surface area contributed by atoms with Crippen LogP contribution in [0.1, 0.15) is 43.5 Å². The highest BCUT2D eigenvalue weighted by atomic mass is 79.9. The quantitative estimate of drug-likeness (QED) is 0.0740. The Morgan fingerprint density at radius 3 is 2.59 bits per heavy atom. The Morgan fingerprint density at radius 1 is 1.04 bits per heavy atom. The molecule has 0 saturated heterocycles. The predicted octanol–water partition coefficient (Wildman–Crippen LogP) is 4.68. The number of hydrogen-bond donors (Lipinski definition) is 4. The van der Waals surface area contributed by atoms with Crippen LogP contribution in [0.3, 0.4) is 0 Å². The Kier molecular flexibility index (Phi) is 11.7. The number of hydrogen-bond acceptors (Lipinski definition) is 12. The number of nitrogens with zero attached hydrogens (tertiary/aromatic N) is 1. The summed E-state index contributed by atoms with van der Waals surface area (Å²) in [6.07, 6.45) is 0.352. The number of hydrazone groups is 1. The Morgan fingerprint density at radius 2 is 1.82 bits per heavy atom. The number of rotatable bonds is 15. The Hall–Kier alpha value is -5.15. The SMILES string of the molecule is CCOc1cc([C@H]2NC(=O)NC(C)=C2C(=O)OC)ccc1OC[C@H](O)N/N=C\c1cc(Br)c(OCc2ccc3c(c2)OCO3)c(OCC)c1. The molecule has 5 rings (SSSR count). The minimum atomic E-state index is -1.18. The van der Waals surface area contributed by atoms with Gasteiger partial charge in [-0.05, 0) is 89.8 Å². The second-order valence-corrected chi connectivity index (χ2v) is 11.5. The van der Waals surface area contributed by atoms with E-state index < -0.39 is 24.3 Å². The lowest BCUT2D eigenvalue weighted by molar-refractivity contribution is -0.136. The van der Waals surface area contributed by atoms with Crippen LogP contribution in [0.15, 0.2) is 69.4 Å². The van der Waals surface area contributed by atoms with Crippen molar-refractivity contribution in [1.82, 2.24) is 16.1 Å². The van der Waals surface area contributed by atoms with E-state index in [4.69, 9.17) is 33.2 Å².